The summed E-state index contributed by atoms with van der Waals surface area (Å²) in [4.78, 5) is 5.80. The Labute approximate surface area is 84.8 Å². The highest BCUT2D eigenvalue weighted by Gasteiger charge is 2.16. The SMILES string of the molecule is CSC(=NC#N)N(C)C(C)C(C)C. The Morgan fingerprint density at radius 1 is 1.46 bits per heavy atom. The molecule has 0 radical (unpaired) electrons. The second-order valence-electron chi connectivity index (χ2n) is 3.29. The first-order valence-corrected chi connectivity index (χ1v) is 5.50. The van der Waals surface area contributed by atoms with Gasteiger partial charge in [-0.25, -0.2) is 0 Å². The second-order valence-corrected chi connectivity index (χ2v) is 4.07. The largest absolute Gasteiger partial charge is 0.351 e. The van der Waals surface area contributed by atoms with Crippen molar-refractivity contribution in [2.24, 2.45) is 10.9 Å². The van der Waals surface area contributed by atoms with Crippen LogP contribution in [0.2, 0.25) is 0 Å². The predicted octanol–water partition coefficient (Wildman–Crippen LogP) is 2.16. The van der Waals surface area contributed by atoms with Crippen molar-refractivity contribution < 1.29 is 0 Å². The summed E-state index contributed by atoms with van der Waals surface area (Å²) >= 11 is 1.50. The maximum atomic E-state index is 8.46. The van der Waals surface area contributed by atoms with Crippen LogP contribution in [0, 0.1) is 17.4 Å². The first-order valence-electron chi connectivity index (χ1n) is 4.28. The van der Waals surface area contributed by atoms with E-state index >= 15 is 0 Å². The van der Waals surface area contributed by atoms with E-state index in [2.05, 4.69) is 25.8 Å². The zero-order valence-electron chi connectivity index (χ0n) is 8.90. The lowest BCUT2D eigenvalue weighted by Gasteiger charge is -2.29. The first-order chi connectivity index (χ1) is 6.04. The van der Waals surface area contributed by atoms with Gasteiger partial charge in [0.25, 0.3) is 0 Å². The Morgan fingerprint density at radius 2 is 2.00 bits per heavy atom. The normalized spacial score (nSPS) is 14.1. The number of hydrogen-bond donors (Lipinski definition) is 0. The molecule has 3 nitrogen and oxygen atoms in total. The molecule has 0 heterocycles. The van der Waals surface area contributed by atoms with E-state index in [0.717, 1.165) is 5.17 Å². The molecule has 0 fully saturated rings. The molecule has 0 N–H and O–H groups in total. The third-order valence-electron chi connectivity index (χ3n) is 2.21. The number of nitriles is 1. The van der Waals surface area contributed by atoms with Gasteiger partial charge in [0.15, 0.2) is 5.17 Å². The lowest BCUT2D eigenvalue weighted by Crippen LogP contribution is -2.36. The minimum absolute atomic E-state index is 0.402. The average molecular weight is 199 g/mol. The molecular weight excluding hydrogens is 182 g/mol. The number of aliphatic imine (C=N–C) groups is 1. The van der Waals surface area contributed by atoms with Crippen molar-refractivity contribution in [3.8, 4) is 6.19 Å². The Bertz CT molecular complexity index is 217. The second kappa shape index (κ2) is 5.87. The highest BCUT2D eigenvalue weighted by atomic mass is 32.2. The molecule has 0 bridgehead atoms. The van der Waals surface area contributed by atoms with Crippen LogP contribution in [-0.4, -0.2) is 29.4 Å². The van der Waals surface area contributed by atoms with Crippen LogP contribution >= 0.6 is 11.8 Å². The number of amidine groups is 1. The number of nitrogens with zero attached hydrogens (tertiary/aromatic N) is 3. The molecule has 0 saturated heterocycles. The average Bonchev–Trinajstić information content (AvgIpc) is 2.11. The first kappa shape index (κ1) is 12.3. The van der Waals surface area contributed by atoms with Gasteiger partial charge in [-0.15, -0.1) is 4.99 Å². The van der Waals surface area contributed by atoms with Gasteiger partial charge >= 0.3 is 0 Å². The maximum absolute atomic E-state index is 8.46. The summed E-state index contributed by atoms with van der Waals surface area (Å²) in [6.07, 6.45) is 3.75. The molecular formula is C9H17N3S. The van der Waals surface area contributed by atoms with Crippen molar-refractivity contribution >= 4 is 16.9 Å². The van der Waals surface area contributed by atoms with Gasteiger partial charge in [-0.1, -0.05) is 25.6 Å². The van der Waals surface area contributed by atoms with Crippen LogP contribution in [0.3, 0.4) is 0 Å². The Morgan fingerprint density at radius 3 is 2.31 bits per heavy atom. The highest BCUT2D eigenvalue weighted by molar-refractivity contribution is 8.13. The van der Waals surface area contributed by atoms with Crippen molar-refractivity contribution in [1.82, 2.24) is 4.90 Å². The molecule has 0 amide bonds. The fourth-order valence-corrected chi connectivity index (χ4v) is 1.52. The number of thioether (sulfide) groups is 1. The van der Waals surface area contributed by atoms with E-state index in [1.54, 1.807) is 0 Å². The Balaban J connectivity index is 4.48. The van der Waals surface area contributed by atoms with Gasteiger partial charge in [-0.2, -0.15) is 5.26 Å². The number of hydrogen-bond acceptors (Lipinski definition) is 3. The van der Waals surface area contributed by atoms with E-state index in [1.807, 2.05) is 24.4 Å². The topological polar surface area (TPSA) is 39.4 Å². The molecule has 13 heavy (non-hydrogen) atoms. The summed E-state index contributed by atoms with van der Waals surface area (Å²) in [5.41, 5.74) is 0. The molecule has 4 heteroatoms. The van der Waals surface area contributed by atoms with Crippen LogP contribution in [0.4, 0.5) is 0 Å². The zero-order chi connectivity index (χ0) is 10.4. The van der Waals surface area contributed by atoms with Crippen LogP contribution in [0.15, 0.2) is 4.99 Å². The Kier molecular flexibility index (Phi) is 5.56. The fraction of sp³-hybridized carbons (Fsp3) is 0.778. The van der Waals surface area contributed by atoms with Gasteiger partial charge in [0, 0.05) is 13.1 Å². The standard InChI is InChI=1S/C9H17N3S/c1-7(2)8(3)12(4)9(13-5)11-6-10/h7-8H,1-5H3. The molecule has 0 aromatic rings. The lowest BCUT2D eigenvalue weighted by molar-refractivity contribution is 0.314. The summed E-state index contributed by atoms with van der Waals surface area (Å²) in [6, 6.07) is 0.402. The monoisotopic (exact) mass is 199 g/mol. The molecule has 0 aliphatic heterocycles. The Hall–Kier alpha value is -0.690. The van der Waals surface area contributed by atoms with E-state index in [9.17, 15) is 0 Å². The van der Waals surface area contributed by atoms with Gasteiger partial charge in [-0.3, -0.25) is 0 Å². The van der Waals surface area contributed by atoms with Crippen LogP contribution in [0.5, 0.6) is 0 Å². The lowest BCUT2D eigenvalue weighted by atomic mass is 10.1. The molecule has 0 saturated carbocycles. The van der Waals surface area contributed by atoms with Crippen molar-refractivity contribution in [3.05, 3.63) is 0 Å². The molecule has 0 aliphatic carbocycles. The van der Waals surface area contributed by atoms with E-state index in [1.165, 1.54) is 11.8 Å². The van der Waals surface area contributed by atoms with Crippen LogP contribution in [0.1, 0.15) is 20.8 Å². The third-order valence-corrected chi connectivity index (χ3v) is 2.95. The maximum Gasteiger partial charge on any atom is 0.208 e. The molecule has 74 valence electrons. The van der Waals surface area contributed by atoms with Crippen molar-refractivity contribution in [2.75, 3.05) is 13.3 Å². The van der Waals surface area contributed by atoms with Gasteiger partial charge in [0.1, 0.15) is 0 Å². The molecule has 0 aromatic heterocycles. The predicted molar refractivity (Wildman–Crippen MR) is 58.6 cm³/mol. The van der Waals surface area contributed by atoms with E-state index < -0.39 is 0 Å². The molecule has 1 atom stereocenters. The fourth-order valence-electron chi connectivity index (χ4n) is 0.933. The van der Waals surface area contributed by atoms with E-state index in [0.29, 0.717) is 12.0 Å². The summed E-state index contributed by atoms with van der Waals surface area (Å²) in [7, 11) is 1.97. The van der Waals surface area contributed by atoms with Crippen LogP contribution in [-0.2, 0) is 0 Å². The highest BCUT2D eigenvalue weighted by Crippen LogP contribution is 2.13. The van der Waals surface area contributed by atoms with Gasteiger partial charge in [0.2, 0.25) is 6.19 Å². The smallest absolute Gasteiger partial charge is 0.208 e. The van der Waals surface area contributed by atoms with Gasteiger partial charge in [0.05, 0.1) is 0 Å². The third kappa shape index (κ3) is 3.69. The molecule has 0 rings (SSSR count). The summed E-state index contributed by atoms with van der Waals surface area (Å²) < 4.78 is 0. The zero-order valence-corrected chi connectivity index (χ0v) is 9.72. The van der Waals surface area contributed by atoms with Crippen LogP contribution in [0.25, 0.3) is 0 Å². The summed E-state index contributed by atoms with van der Waals surface area (Å²) in [5, 5.41) is 9.24. The van der Waals surface area contributed by atoms with E-state index in [-0.39, 0.29) is 0 Å². The summed E-state index contributed by atoms with van der Waals surface area (Å²) in [5.74, 6) is 0.557. The summed E-state index contributed by atoms with van der Waals surface area (Å²) in [6.45, 7) is 6.45. The minimum Gasteiger partial charge on any atom is -0.351 e. The molecule has 0 aliphatic rings. The minimum atomic E-state index is 0.402. The van der Waals surface area contributed by atoms with Crippen molar-refractivity contribution in [1.29, 1.82) is 5.26 Å². The molecule has 1 unspecified atom stereocenters. The quantitative estimate of drug-likeness (QED) is 0.389. The van der Waals surface area contributed by atoms with Crippen molar-refractivity contribution in [2.45, 2.75) is 26.8 Å². The van der Waals surface area contributed by atoms with Gasteiger partial charge in [-0.05, 0) is 19.1 Å². The molecule has 0 aromatic carbocycles. The van der Waals surface area contributed by atoms with Crippen LogP contribution < -0.4 is 0 Å². The van der Waals surface area contributed by atoms with Gasteiger partial charge < -0.3 is 4.90 Å². The molecule has 0 spiro atoms. The van der Waals surface area contributed by atoms with Crippen molar-refractivity contribution in [3.63, 3.8) is 0 Å². The number of rotatable bonds is 2. The van der Waals surface area contributed by atoms with E-state index in [4.69, 9.17) is 5.26 Å².